The summed E-state index contributed by atoms with van der Waals surface area (Å²) >= 11 is 0. The van der Waals surface area contributed by atoms with Gasteiger partial charge in [-0.15, -0.1) is 4.67 Å². The van der Waals surface area contributed by atoms with E-state index in [1.807, 2.05) is 0 Å². The minimum atomic E-state index is -3.82. The summed E-state index contributed by atoms with van der Waals surface area (Å²) in [5, 5.41) is 0. The minimum absolute atomic E-state index is 0.208. The van der Waals surface area contributed by atoms with Crippen molar-refractivity contribution < 1.29 is 13.0 Å². The van der Waals surface area contributed by atoms with Crippen molar-refractivity contribution in [1.82, 2.24) is 4.67 Å². The zero-order chi connectivity index (χ0) is 9.03. The van der Waals surface area contributed by atoms with Crippen LogP contribution in [-0.2, 0) is 10.1 Å². The first-order valence-corrected chi connectivity index (χ1v) is 5.17. The molecule has 0 saturated carbocycles. The lowest BCUT2D eigenvalue weighted by molar-refractivity contribution is 0.482. The average Bonchev–Trinajstić information content (AvgIpc) is 2.02. The summed E-state index contributed by atoms with van der Waals surface area (Å²) in [6.07, 6.45) is 6.14. The van der Waals surface area contributed by atoms with Gasteiger partial charge in [0.05, 0.1) is 12.2 Å². The maximum Gasteiger partial charge on any atom is 0.291 e. The molecule has 1 aliphatic rings. The molecule has 0 unspecified atom stereocenters. The molecule has 1 aliphatic heterocycles. The van der Waals surface area contributed by atoms with Gasteiger partial charge in [-0.05, 0) is 6.42 Å². The van der Waals surface area contributed by atoms with Gasteiger partial charge in [-0.3, -0.25) is 4.55 Å². The number of rotatable bonds is 3. The van der Waals surface area contributed by atoms with E-state index in [1.165, 1.54) is 0 Å². The SMILES string of the molecule is O=S(=O)(O)CCC1=CC=[N+]=CC1. The summed E-state index contributed by atoms with van der Waals surface area (Å²) in [6, 6.07) is 0. The third-order valence-electron chi connectivity index (χ3n) is 1.54. The molecule has 4 nitrogen and oxygen atoms in total. The van der Waals surface area contributed by atoms with Gasteiger partial charge in [0.2, 0.25) is 0 Å². The fraction of sp³-hybridized carbons (Fsp3) is 0.429. The molecule has 0 aliphatic carbocycles. The standard InChI is InChI=1S/C7H9NO3S/c9-12(10,11)6-3-7-1-4-8-5-2-7/h1,4-5H,2-3,6H2/p+1. The second-order valence-corrected chi connectivity index (χ2v) is 4.12. The number of hydrogen-bond donors (Lipinski definition) is 1. The van der Waals surface area contributed by atoms with Crippen LogP contribution in [0.2, 0.25) is 0 Å². The van der Waals surface area contributed by atoms with E-state index in [1.54, 1.807) is 18.5 Å². The molecule has 1 N–H and O–H groups in total. The van der Waals surface area contributed by atoms with Gasteiger partial charge in [0.1, 0.15) is 0 Å². The smallest absolute Gasteiger partial charge is 0.286 e. The topological polar surface area (TPSA) is 68.5 Å². The van der Waals surface area contributed by atoms with E-state index in [2.05, 4.69) is 4.67 Å². The normalized spacial score (nSPS) is 16.2. The van der Waals surface area contributed by atoms with Gasteiger partial charge in [-0.1, -0.05) is 5.57 Å². The summed E-state index contributed by atoms with van der Waals surface area (Å²) in [7, 11) is -3.82. The first kappa shape index (κ1) is 9.19. The lowest BCUT2D eigenvalue weighted by Crippen LogP contribution is -2.06. The van der Waals surface area contributed by atoms with E-state index >= 15 is 0 Å². The van der Waals surface area contributed by atoms with Gasteiger partial charge in [-0.25, -0.2) is 0 Å². The van der Waals surface area contributed by atoms with Crippen molar-refractivity contribution in [3.05, 3.63) is 11.6 Å². The van der Waals surface area contributed by atoms with Gasteiger partial charge in [0.15, 0.2) is 0 Å². The predicted molar refractivity (Wildman–Crippen MR) is 48.0 cm³/mol. The molecule has 12 heavy (non-hydrogen) atoms. The van der Waals surface area contributed by atoms with E-state index in [-0.39, 0.29) is 5.75 Å². The quantitative estimate of drug-likeness (QED) is 0.492. The monoisotopic (exact) mass is 188 g/mol. The van der Waals surface area contributed by atoms with Crippen molar-refractivity contribution in [1.29, 1.82) is 0 Å². The molecule has 0 radical (unpaired) electrons. The molecule has 0 aromatic heterocycles. The molecule has 0 atom stereocenters. The molecule has 0 aromatic rings. The average molecular weight is 188 g/mol. The highest BCUT2D eigenvalue weighted by molar-refractivity contribution is 7.85. The zero-order valence-electron chi connectivity index (χ0n) is 6.47. The largest absolute Gasteiger partial charge is 0.291 e. The summed E-state index contributed by atoms with van der Waals surface area (Å²) in [5.74, 6) is -0.208. The van der Waals surface area contributed by atoms with Crippen LogP contribution in [0.1, 0.15) is 12.8 Å². The van der Waals surface area contributed by atoms with Crippen molar-refractivity contribution in [3.63, 3.8) is 0 Å². The Morgan fingerprint density at radius 3 is 2.83 bits per heavy atom. The van der Waals surface area contributed by atoms with Crippen LogP contribution in [0.5, 0.6) is 0 Å². The molecule has 0 spiro atoms. The Labute approximate surface area is 71.1 Å². The Kier molecular flexibility index (Phi) is 2.81. The second-order valence-electron chi connectivity index (χ2n) is 2.55. The Bertz CT molecular complexity index is 347. The molecule has 1 rings (SSSR count). The van der Waals surface area contributed by atoms with E-state index in [0.29, 0.717) is 12.8 Å². The first-order valence-electron chi connectivity index (χ1n) is 3.56. The van der Waals surface area contributed by atoms with Crippen LogP contribution < -0.4 is 4.67 Å². The van der Waals surface area contributed by atoms with Gasteiger partial charge in [0.25, 0.3) is 22.5 Å². The minimum Gasteiger partial charge on any atom is -0.286 e. The first-order chi connectivity index (χ1) is 5.58. The van der Waals surface area contributed by atoms with Crippen LogP contribution in [0.4, 0.5) is 0 Å². The predicted octanol–water partition coefficient (Wildman–Crippen LogP) is -0.197. The Balaban J connectivity index is 2.45. The molecule has 0 fully saturated rings. The Hall–Kier alpha value is -0.900. The molecule has 0 bridgehead atoms. The Morgan fingerprint density at radius 2 is 2.33 bits per heavy atom. The summed E-state index contributed by atoms with van der Waals surface area (Å²) in [5.41, 5.74) is 0.975. The van der Waals surface area contributed by atoms with E-state index in [4.69, 9.17) is 4.55 Å². The molecule has 5 heteroatoms. The molecular weight excluding hydrogens is 178 g/mol. The van der Waals surface area contributed by atoms with Crippen LogP contribution in [-0.4, -0.2) is 31.2 Å². The maximum atomic E-state index is 10.4. The molecule has 0 aromatic carbocycles. The number of allylic oxidation sites excluding steroid dienone is 2. The van der Waals surface area contributed by atoms with Crippen LogP contribution in [0.25, 0.3) is 0 Å². The zero-order valence-corrected chi connectivity index (χ0v) is 7.29. The van der Waals surface area contributed by atoms with Crippen molar-refractivity contribution in [2.24, 2.45) is 0 Å². The highest BCUT2D eigenvalue weighted by atomic mass is 32.2. The second kappa shape index (κ2) is 3.67. The van der Waals surface area contributed by atoms with Crippen LogP contribution in [0.3, 0.4) is 0 Å². The van der Waals surface area contributed by atoms with Crippen molar-refractivity contribution in [2.75, 3.05) is 5.75 Å². The van der Waals surface area contributed by atoms with E-state index in [0.717, 1.165) is 5.57 Å². The van der Waals surface area contributed by atoms with Crippen LogP contribution in [0, 0.1) is 0 Å². The molecule has 0 amide bonds. The van der Waals surface area contributed by atoms with Gasteiger partial charge < -0.3 is 0 Å². The third kappa shape index (κ3) is 3.48. The van der Waals surface area contributed by atoms with Crippen molar-refractivity contribution in [2.45, 2.75) is 12.8 Å². The van der Waals surface area contributed by atoms with Gasteiger partial charge >= 0.3 is 0 Å². The maximum absolute atomic E-state index is 10.4. The fourth-order valence-corrected chi connectivity index (χ4v) is 1.41. The summed E-state index contributed by atoms with van der Waals surface area (Å²) in [4.78, 5) is 0. The molecule has 1 heterocycles. The lowest BCUT2D eigenvalue weighted by Gasteiger charge is -1.98. The number of hydrogen-bond acceptors (Lipinski definition) is 2. The van der Waals surface area contributed by atoms with Crippen molar-refractivity contribution >= 4 is 22.5 Å². The highest BCUT2D eigenvalue weighted by Crippen LogP contribution is 2.06. The lowest BCUT2D eigenvalue weighted by atomic mass is 10.1. The van der Waals surface area contributed by atoms with Gasteiger partial charge in [-0.2, -0.15) is 8.42 Å². The Morgan fingerprint density at radius 1 is 1.58 bits per heavy atom. The fourth-order valence-electron chi connectivity index (χ4n) is 0.893. The number of nitrogens with zero attached hydrogens (tertiary/aromatic N) is 1. The molecular formula is C7H10NO3S+. The van der Waals surface area contributed by atoms with E-state index in [9.17, 15) is 8.42 Å². The summed E-state index contributed by atoms with van der Waals surface area (Å²) < 4.78 is 33.0. The van der Waals surface area contributed by atoms with Crippen LogP contribution in [0.15, 0.2) is 11.6 Å². The third-order valence-corrected chi connectivity index (χ3v) is 2.26. The molecule has 66 valence electrons. The van der Waals surface area contributed by atoms with Gasteiger partial charge in [0, 0.05) is 6.08 Å². The highest BCUT2D eigenvalue weighted by Gasteiger charge is 2.08. The van der Waals surface area contributed by atoms with E-state index < -0.39 is 10.1 Å². The summed E-state index contributed by atoms with van der Waals surface area (Å²) in [6.45, 7) is 0. The van der Waals surface area contributed by atoms with Crippen LogP contribution >= 0.6 is 0 Å². The van der Waals surface area contributed by atoms with Crippen molar-refractivity contribution in [3.8, 4) is 0 Å². The molecule has 0 saturated heterocycles.